The molecule has 3 N–H and O–H groups in total. The van der Waals surface area contributed by atoms with Gasteiger partial charge in [-0.05, 0) is 55.7 Å². The molecule has 7 nitrogen and oxygen atoms in total. The smallest absolute Gasteiger partial charge is 0.315 e. The van der Waals surface area contributed by atoms with Crippen LogP contribution in [0.3, 0.4) is 0 Å². The number of benzene rings is 3. The van der Waals surface area contributed by atoms with E-state index >= 15 is 0 Å². The quantitative estimate of drug-likeness (QED) is 0.386. The molecule has 0 fully saturated rings. The molecule has 0 bridgehead atoms. The largest absolute Gasteiger partial charge is 0.490 e. The number of nitrogens with one attached hydrogen (secondary N) is 3. The van der Waals surface area contributed by atoms with E-state index in [1.54, 1.807) is 12.1 Å². The van der Waals surface area contributed by atoms with Crippen molar-refractivity contribution in [3.05, 3.63) is 90.0 Å². The Morgan fingerprint density at radius 2 is 1.47 bits per heavy atom. The lowest BCUT2D eigenvalue weighted by atomic mass is 10.1. The Balaban J connectivity index is 1.60. The van der Waals surface area contributed by atoms with E-state index in [4.69, 9.17) is 9.47 Å². The lowest BCUT2D eigenvalue weighted by molar-refractivity contribution is -0.118. The summed E-state index contributed by atoms with van der Waals surface area (Å²) in [7, 11) is 0. The minimum atomic E-state index is -0.837. The molecule has 0 saturated carbocycles. The third-order valence-electron chi connectivity index (χ3n) is 5.02. The van der Waals surface area contributed by atoms with E-state index in [0.717, 1.165) is 5.56 Å². The maximum Gasteiger partial charge on any atom is 0.315 e. The molecule has 3 rings (SSSR count). The Morgan fingerprint density at radius 1 is 0.824 bits per heavy atom. The average Bonchev–Trinajstić information content (AvgIpc) is 2.85. The van der Waals surface area contributed by atoms with Crippen LogP contribution in [0.1, 0.15) is 31.0 Å². The van der Waals surface area contributed by atoms with Gasteiger partial charge in [0.2, 0.25) is 0 Å². The van der Waals surface area contributed by atoms with Crippen molar-refractivity contribution in [1.29, 1.82) is 0 Å². The van der Waals surface area contributed by atoms with Gasteiger partial charge in [-0.1, -0.05) is 54.6 Å². The lowest BCUT2D eigenvalue weighted by Crippen LogP contribution is -2.43. The number of amides is 3. The Labute approximate surface area is 200 Å². The van der Waals surface area contributed by atoms with Gasteiger partial charge in [0, 0.05) is 12.2 Å². The molecule has 3 amide bonds. The summed E-state index contributed by atoms with van der Waals surface area (Å²) in [5.41, 5.74) is 2.36. The molecule has 0 unspecified atom stereocenters. The van der Waals surface area contributed by atoms with Gasteiger partial charge in [0.1, 0.15) is 6.04 Å². The molecule has 0 radical (unpaired) electrons. The van der Waals surface area contributed by atoms with E-state index in [-0.39, 0.29) is 5.91 Å². The number of urea groups is 1. The molecule has 0 aromatic heterocycles. The van der Waals surface area contributed by atoms with Gasteiger partial charge >= 0.3 is 6.03 Å². The van der Waals surface area contributed by atoms with E-state index in [2.05, 4.69) is 16.0 Å². The number of hydrogen-bond donors (Lipinski definition) is 3. The highest BCUT2D eigenvalue weighted by atomic mass is 16.5. The molecule has 0 heterocycles. The van der Waals surface area contributed by atoms with E-state index in [1.165, 1.54) is 0 Å². The number of rotatable bonds is 11. The third kappa shape index (κ3) is 7.27. The van der Waals surface area contributed by atoms with Crippen LogP contribution >= 0.6 is 0 Å². The first-order valence-corrected chi connectivity index (χ1v) is 11.4. The second kappa shape index (κ2) is 12.9. The average molecular weight is 462 g/mol. The van der Waals surface area contributed by atoms with Crippen molar-refractivity contribution >= 4 is 17.6 Å². The molecule has 0 aliphatic rings. The second-order valence-electron chi connectivity index (χ2n) is 7.50. The van der Waals surface area contributed by atoms with Crippen LogP contribution in [-0.2, 0) is 11.2 Å². The number of carbonyl (C=O) groups excluding carboxylic acids is 2. The molecule has 0 aliphatic heterocycles. The van der Waals surface area contributed by atoms with Gasteiger partial charge in [0.25, 0.3) is 5.91 Å². The van der Waals surface area contributed by atoms with Gasteiger partial charge in [-0.25, -0.2) is 4.79 Å². The first kappa shape index (κ1) is 24.6. The molecule has 0 spiro atoms. The predicted octanol–water partition coefficient (Wildman–Crippen LogP) is 4.71. The predicted molar refractivity (Wildman–Crippen MR) is 133 cm³/mol. The Hall–Kier alpha value is -4.00. The van der Waals surface area contributed by atoms with Gasteiger partial charge in [0.15, 0.2) is 11.5 Å². The van der Waals surface area contributed by atoms with Crippen molar-refractivity contribution in [2.75, 3.05) is 25.1 Å². The summed E-state index contributed by atoms with van der Waals surface area (Å²) in [4.78, 5) is 25.6. The van der Waals surface area contributed by atoms with Gasteiger partial charge < -0.3 is 25.4 Å². The van der Waals surface area contributed by atoms with Gasteiger partial charge in [-0.2, -0.15) is 0 Å². The summed E-state index contributed by atoms with van der Waals surface area (Å²) in [6.45, 7) is 5.34. The Morgan fingerprint density at radius 3 is 2.15 bits per heavy atom. The van der Waals surface area contributed by atoms with Crippen LogP contribution < -0.4 is 25.4 Å². The molecule has 34 heavy (non-hydrogen) atoms. The van der Waals surface area contributed by atoms with E-state index in [0.29, 0.717) is 48.9 Å². The number of ether oxygens (including phenoxy) is 2. The van der Waals surface area contributed by atoms with E-state index < -0.39 is 12.1 Å². The maximum absolute atomic E-state index is 12.9. The zero-order valence-corrected chi connectivity index (χ0v) is 19.5. The lowest BCUT2D eigenvalue weighted by Gasteiger charge is -2.19. The SMILES string of the molecule is CCOc1ccc(CCNC(=O)N[C@@H](C(=O)Nc2ccccc2)c2ccccc2)cc1OCC. The third-order valence-corrected chi connectivity index (χ3v) is 5.02. The molecule has 7 heteroatoms. The molecule has 178 valence electrons. The van der Waals surface area contributed by atoms with Crippen molar-refractivity contribution in [1.82, 2.24) is 10.6 Å². The Kier molecular flexibility index (Phi) is 9.34. The summed E-state index contributed by atoms with van der Waals surface area (Å²) in [5.74, 6) is 1.07. The fourth-order valence-corrected chi connectivity index (χ4v) is 3.44. The molecule has 3 aromatic rings. The molecule has 1 atom stereocenters. The number of para-hydroxylation sites is 1. The van der Waals surface area contributed by atoms with Crippen molar-refractivity contribution < 1.29 is 19.1 Å². The summed E-state index contributed by atoms with van der Waals surface area (Å²) in [6.07, 6.45) is 0.603. The van der Waals surface area contributed by atoms with Gasteiger partial charge in [-0.3, -0.25) is 4.79 Å². The Bertz CT molecular complexity index is 1060. The zero-order valence-electron chi connectivity index (χ0n) is 19.5. The minimum Gasteiger partial charge on any atom is -0.490 e. The summed E-state index contributed by atoms with van der Waals surface area (Å²) in [5, 5.41) is 8.48. The first-order valence-electron chi connectivity index (χ1n) is 11.4. The van der Waals surface area contributed by atoms with Crippen molar-refractivity contribution in [3.63, 3.8) is 0 Å². The minimum absolute atomic E-state index is 0.319. The summed E-state index contributed by atoms with van der Waals surface area (Å²) < 4.78 is 11.3. The van der Waals surface area contributed by atoms with Gasteiger partial charge in [-0.15, -0.1) is 0 Å². The van der Waals surface area contributed by atoms with Crippen LogP contribution in [0.2, 0.25) is 0 Å². The van der Waals surface area contributed by atoms with E-state index in [9.17, 15) is 9.59 Å². The van der Waals surface area contributed by atoms with Crippen LogP contribution in [0.25, 0.3) is 0 Å². The highest BCUT2D eigenvalue weighted by Crippen LogP contribution is 2.28. The monoisotopic (exact) mass is 461 g/mol. The topological polar surface area (TPSA) is 88.7 Å². The first-order chi connectivity index (χ1) is 16.6. The molecule has 0 saturated heterocycles. The molecule has 0 aliphatic carbocycles. The summed E-state index contributed by atoms with van der Waals surface area (Å²) >= 11 is 0. The fourth-order valence-electron chi connectivity index (χ4n) is 3.44. The highest BCUT2D eigenvalue weighted by Gasteiger charge is 2.22. The number of carbonyl (C=O) groups is 2. The molecular formula is C27H31N3O4. The van der Waals surface area contributed by atoms with Crippen molar-refractivity contribution in [2.24, 2.45) is 0 Å². The number of hydrogen-bond acceptors (Lipinski definition) is 4. The van der Waals surface area contributed by atoms with Crippen molar-refractivity contribution in [3.8, 4) is 11.5 Å². The van der Waals surface area contributed by atoms with Gasteiger partial charge in [0.05, 0.1) is 13.2 Å². The summed E-state index contributed by atoms with van der Waals surface area (Å²) in [6, 6.07) is 22.8. The normalized spacial score (nSPS) is 11.2. The van der Waals surface area contributed by atoms with E-state index in [1.807, 2.05) is 80.6 Å². The highest BCUT2D eigenvalue weighted by molar-refractivity contribution is 5.97. The fraction of sp³-hybridized carbons (Fsp3) is 0.259. The number of anilines is 1. The second-order valence-corrected chi connectivity index (χ2v) is 7.50. The zero-order chi connectivity index (χ0) is 24.2. The maximum atomic E-state index is 12.9. The molecular weight excluding hydrogens is 430 g/mol. The van der Waals surface area contributed by atoms with Crippen LogP contribution in [-0.4, -0.2) is 31.7 Å². The molecule has 3 aromatic carbocycles. The van der Waals surface area contributed by atoms with Crippen molar-refractivity contribution in [2.45, 2.75) is 26.3 Å². The van der Waals surface area contributed by atoms with Crippen LogP contribution in [0, 0.1) is 0 Å². The van der Waals surface area contributed by atoms with Crippen LogP contribution in [0.15, 0.2) is 78.9 Å². The standard InChI is InChI=1S/C27H31N3O4/c1-3-33-23-16-15-20(19-24(23)34-4-2)17-18-28-27(32)30-25(21-11-7-5-8-12-21)26(31)29-22-13-9-6-10-14-22/h5-16,19,25H,3-4,17-18H2,1-2H3,(H,29,31)(H2,28,30,32)/t25-/m1/s1. The van der Waals surface area contributed by atoms with Crippen LogP contribution in [0.4, 0.5) is 10.5 Å². The van der Waals surface area contributed by atoms with Crippen LogP contribution in [0.5, 0.6) is 11.5 Å².